The third-order valence-corrected chi connectivity index (χ3v) is 2.55. The van der Waals surface area contributed by atoms with Gasteiger partial charge in [-0.2, -0.15) is 9.83 Å². The Labute approximate surface area is 101 Å². The van der Waals surface area contributed by atoms with E-state index in [9.17, 15) is 10.1 Å². The SMILES string of the molecule is C[n+]1cn(C(=C=[N-])C#N)c2cc([N+](=O)[O-])ccc21. The quantitative estimate of drug-likeness (QED) is 0.257. The van der Waals surface area contributed by atoms with Gasteiger partial charge in [0, 0.05) is 6.07 Å². The topological polar surface area (TPSA) is 98.0 Å². The highest BCUT2D eigenvalue weighted by Crippen LogP contribution is 2.20. The molecule has 0 amide bonds. The monoisotopic (exact) mass is 241 g/mol. The Hall–Kier alpha value is -2.97. The smallest absolute Gasteiger partial charge is 0.274 e. The van der Waals surface area contributed by atoms with E-state index in [0.717, 1.165) is 0 Å². The van der Waals surface area contributed by atoms with Crippen LogP contribution in [0.3, 0.4) is 0 Å². The lowest BCUT2D eigenvalue weighted by Gasteiger charge is -1.93. The molecule has 0 aliphatic heterocycles. The molecule has 2 aromatic rings. The predicted molar refractivity (Wildman–Crippen MR) is 63.5 cm³/mol. The fourth-order valence-electron chi connectivity index (χ4n) is 1.73. The van der Waals surface area contributed by atoms with Crippen molar-refractivity contribution >= 4 is 28.3 Å². The molecule has 0 aliphatic rings. The molecule has 0 radical (unpaired) electrons. The molecule has 2 rings (SSSR count). The highest BCUT2D eigenvalue weighted by atomic mass is 16.6. The number of hydrogen-bond donors (Lipinski definition) is 0. The number of hydrogen-bond acceptors (Lipinski definition) is 3. The van der Waals surface area contributed by atoms with Gasteiger partial charge in [-0.15, -0.1) is 0 Å². The van der Waals surface area contributed by atoms with Gasteiger partial charge in [0.05, 0.1) is 18.0 Å². The van der Waals surface area contributed by atoms with Crippen molar-refractivity contribution in [2.45, 2.75) is 0 Å². The number of rotatable bonds is 2. The normalized spacial score (nSPS) is 9.78. The summed E-state index contributed by atoms with van der Waals surface area (Å²) in [7, 11) is 1.73. The van der Waals surface area contributed by atoms with Gasteiger partial charge in [-0.1, -0.05) is 0 Å². The first-order valence-corrected chi connectivity index (χ1v) is 4.91. The van der Waals surface area contributed by atoms with Crippen molar-refractivity contribution in [2.24, 2.45) is 7.05 Å². The van der Waals surface area contributed by atoms with E-state index in [2.05, 4.69) is 0 Å². The van der Waals surface area contributed by atoms with E-state index in [-0.39, 0.29) is 11.4 Å². The average molecular weight is 241 g/mol. The second-order valence-electron chi connectivity index (χ2n) is 3.60. The number of nitro groups is 1. The fraction of sp³-hybridized carbons (Fsp3) is 0.0909. The van der Waals surface area contributed by atoms with Crippen LogP contribution in [0.2, 0.25) is 0 Å². The van der Waals surface area contributed by atoms with Gasteiger partial charge < -0.3 is 5.41 Å². The number of nitrogens with zero attached hydrogens (tertiary/aromatic N) is 5. The Morgan fingerprint density at radius 2 is 2.33 bits per heavy atom. The first kappa shape index (κ1) is 11.5. The van der Waals surface area contributed by atoms with Crippen LogP contribution in [-0.4, -0.2) is 15.4 Å². The lowest BCUT2D eigenvalue weighted by molar-refractivity contribution is -0.645. The van der Waals surface area contributed by atoms with Crippen LogP contribution in [0.15, 0.2) is 24.5 Å². The zero-order valence-electron chi connectivity index (χ0n) is 9.36. The van der Waals surface area contributed by atoms with Crippen molar-refractivity contribution in [3.63, 3.8) is 0 Å². The van der Waals surface area contributed by atoms with Gasteiger partial charge in [0.15, 0.2) is 17.1 Å². The Kier molecular flexibility index (Phi) is 2.64. The number of fused-ring (bicyclic) bond motifs is 1. The highest BCUT2D eigenvalue weighted by molar-refractivity contribution is 5.93. The minimum absolute atomic E-state index is 0.0855. The maximum atomic E-state index is 10.7. The molecule has 0 bridgehead atoms. The van der Waals surface area contributed by atoms with Crippen molar-refractivity contribution in [1.82, 2.24) is 4.57 Å². The molecule has 0 saturated carbocycles. The summed E-state index contributed by atoms with van der Waals surface area (Å²) in [6.45, 7) is 0. The zero-order valence-corrected chi connectivity index (χ0v) is 9.36. The number of benzene rings is 1. The molecule has 88 valence electrons. The summed E-state index contributed by atoms with van der Waals surface area (Å²) >= 11 is 0. The van der Waals surface area contributed by atoms with Crippen LogP contribution in [0.4, 0.5) is 5.69 Å². The van der Waals surface area contributed by atoms with Crippen molar-refractivity contribution in [3.8, 4) is 6.07 Å². The summed E-state index contributed by atoms with van der Waals surface area (Å²) in [5.74, 6) is 1.76. The summed E-state index contributed by atoms with van der Waals surface area (Å²) in [6.07, 6.45) is 1.54. The molecule has 0 spiro atoms. The van der Waals surface area contributed by atoms with Crippen LogP contribution < -0.4 is 4.57 Å². The van der Waals surface area contributed by atoms with E-state index >= 15 is 0 Å². The van der Waals surface area contributed by atoms with Crippen molar-refractivity contribution in [2.75, 3.05) is 0 Å². The Bertz CT molecular complexity index is 747. The number of nitro benzene ring substituents is 1. The van der Waals surface area contributed by atoms with Crippen LogP contribution >= 0.6 is 0 Å². The largest absolute Gasteiger partial charge is 0.759 e. The molecule has 1 aromatic heterocycles. The minimum atomic E-state index is -0.519. The Balaban J connectivity index is 2.83. The fourth-order valence-corrected chi connectivity index (χ4v) is 1.73. The molecule has 0 N–H and O–H groups in total. The molecule has 18 heavy (non-hydrogen) atoms. The van der Waals surface area contributed by atoms with E-state index in [0.29, 0.717) is 11.0 Å². The average Bonchev–Trinajstić information content (AvgIpc) is 2.68. The molecular weight excluding hydrogens is 234 g/mol. The standard InChI is InChI=1S/C11H7N5O2/c1-14-7-15(9(5-12)6-13)11-4-8(16(17)18)2-3-10(11)14/h2-4,7H,1H3. The lowest BCUT2D eigenvalue weighted by atomic mass is 10.2. The third kappa shape index (κ3) is 1.63. The Morgan fingerprint density at radius 1 is 1.61 bits per heavy atom. The van der Waals surface area contributed by atoms with Gasteiger partial charge in [0.2, 0.25) is 5.70 Å². The molecule has 0 atom stereocenters. The minimum Gasteiger partial charge on any atom is -0.759 e. The molecule has 7 nitrogen and oxygen atoms in total. The van der Waals surface area contributed by atoms with Crippen LogP contribution in [0.5, 0.6) is 0 Å². The molecule has 7 heteroatoms. The number of aryl methyl sites for hydroxylation is 1. The van der Waals surface area contributed by atoms with E-state index in [1.54, 1.807) is 29.6 Å². The number of non-ortho nitro benzene ring substituents is 1. The number of nitriles is 1. The van der Waals surface area contributed by atoms with Crippen LogP contribution in [0.25, 0.3) is 22.1 Å². The van der Waals surface area contributed by atoms with Crippen LogP contribution in [-0.2, 0) is 7.05 Å². The van der Waals surface area contributed by atoms with E-state index < -0.39 is 4.92 Å². The molecular formula is C11H7N5O2. The van der Waals surface area contributed by atoms with Crippen molar-refractivity contribution in [1.29, 1.82) is 5.26 Å². The summed E-state index contributed by atoms with van der Waals surface area (Å²) < 4.78 is 3.02. The van der Waals surface area contributed by atoms with Gasteiger partial charge in [-0.25, -0.2) is 10.4 Å². The van der Waals surface area contributed by atoms with Crippen LogP contribution in [0, 0.1) is 21.4 Å². The van der Waals surface area contributed by atoms with Crippen LogP contribution in [0.1, 0.15) is 0 Å². The maximum absolute atomic E-state index is 10.7. The molecule has 0 fully saturated rings. The molecule has 0 unspecified atom stereocenters. The number of aromatic nitrogens is 2. The zero-order chi connectivity index (χ0) is 13.3. The van der Waals surface area contributed by atoms with Gasteiger partial charge in [0.1, 0.15) is 0 Å². The Morgan fingerprint density at radius 3 is 2.89 bits per heavy atom. The van der Waals surface area contributed by atoms with E-state index in [1.807, 2.05) is 0 Å². The summed E-state index contributed by atoms with van der Waals surface area (Å²) in [4.78, 5) is 10.2. The number of allylic oxidation sites excluding steroid dienone is 1. The first-order chi connectivity index (χ1) is 8.58. The molecule has 1 heterocycles. The van der Waals surface area contributed by atoms with Gasteiger partial charge in [0.25, 0.3) is 12.0 Å². The van der Waals surface area contributed by atoms with E-state index in [1.165, 1.54) is 23.0 Å². The van der Waals surface area contributed by atoms with Gasteiger partial charge in [-0.05, 0) is 6.07 Å². The third-order valence-electron chi connectivity index (χ3n) is 2.55. The van der Waals surface area contributed by atoms with Crippen molar-refractivity contribution in [3.05, 3.63) is 40.1 Å². The summed E-state index contributed by atoms with van der Waals surface area (Å²) in [5.41, 5.74) is 0.923. The molecule has 0 saturated heterocycles. The van der Waals surface area contributed by atoms with E-state index in [4.69, 9.17) is 10.7 Å². The van der Waals surface area contributed by atoms with Gasteiger partial charge >= 0.3 is 0 Å². The summed E-state index contributed by atoms with van der Waals surface area (Å²) in [5, 5.41) is 28.4. The predicted octanol–water partition coefficient (Wildman–Crippen LogP) is 0.978. The van der Waals surface area contributed by atoms with Gasteiger partial charge in [-0.3, -0.25) is 10.1 Å². The lowest BCUT2D eigenvalue weighted by Crippen LogP contribution is -2.25. The molecule has 0 aliphatic carbocycles. The first-order valence-electron chi connectivity index (χ1n) is 4.91. The maximum Gasteiger partial charge on any atom is 0.274 e. The highest BCUT2D eigenvalue weighted by Gasteiger charge is 2.19. The number of imidazole rings is 1. The summed E-state index contributed by atoms with van der Waals surface area (Å²) in [6, 6.07) is 6.05. The second-order valence-corrected chi connectivity index (χ2v) is 3.60. The van der Waals surface area contributed by atoms with Crippen molar-refractivity contribution < 1.29 is 9.49 Å². The molecule has 1 aromatic carbocycles. The second kappa shape index (κ2) is 4.13.